The molecule has 1 fully saturated rings. The number of fused-ring (bicyclic) bond motifs is 1. The lowest BCUT2D eigenvalue weighted by molar-refractivity contribution is -0.117. The van der Waals surface area contributed by atoms with E-state index in [1.54, 1.807) is 19.1 Å². The van der Waals surface area contributed by atoms with E-state index in [0.29, 0.717) is 28.1 Å². The average Bonchev–Trinajstić information content (AvgIpc) is 3.37. The van der Waals surface area contributed by atoms with E-state index in [0.717, 1.165) is 12.8 Å². The number of H-pyrrole nitrogens is 1. The van der Waals surface area contributed by atoms with Crippen LogP contribution in [0.15, 0.2) is 12.1 Å². The largest absolute Gasteiger partial charge is 0.493 e. The summed E-state index contributed by atoms with van der Waals surface area (Å²) in [7, 11) is 3.07. The molecule has 1 saturated carbocycles. The Morgan fingerprint density at radius 2 is 1.88 bits per heavy atom. The second kappa shape index (κ2) is 6.43. The van der Waals surface area contributed by atoms with Gasteiger partial charge in [-0.15, -0.1) is 0 Å². The van der Waals surface area contributed by atoms with Crippen LogP contribution in [0, 0.1) is 5.92 Å². The van der Waals surface area contributed by atoms with Gasteiger partial charge in [0, 0.05) is 17.4 Å². The molecule has 128 valence electrons. The number of esters is 1. The van der Waals surface area contributed by atoms with Gasteiger partial charge >= 0.3 is 5.97 Å². The molecular weight excluding hydrogens is 312 g/mol. The fourth-order valence-corrected chi connectivity index (χ4v) is 2.58. The zero-order valence-electron chi connectivity index (χ0n) is 13.9. The van der Waals surface area contributed by atoms with Crippen LogP contribution in [0.5, 0.6) is 11.5 Å². The number of hydrogen-bond donors (Lipinski definition) is 2. The van der Waals surface area contributed by atoms with E-state index in [1.165, 1.54) is 14.2 Å². The number of carbonyl (C=O) groups excluding carboxylic acids is 2. The van der Waals surface area contributed by atoms with Crippen LogP contribution < -0.4 is 14.8 Å². The molecule has 24 heavy (non-hydrogen) atoms. The second-order valence-electron chi connectivity index (χ2n) is 5.61. The van der Waals surface area contributed by atoms with Crippen molar-refractivity contribution in [2.75, 3.05) is 26.1 Å². The SMILES string of the molecule is CCOC(=O)c1[nH]c2cc(OC)c(OC)cc2c1NC(=O)C1CC1. The molecule has 2 aromatic rings. The third-order valence-electron chi connectivity index (χ3n) is 3.98. The van der Waals surface area contributed by atoms with Crippen molar-refractivity contribution in [1.29, 1.82) is 0 Å². The molecule has 7 nitrogen and oxygen atoms in total. The lowest BCUT2D eigenvalue weighted by Gasteiger charge is -2.09. The van der Waals surface area contributed by atoms with Crippen molar-refractivity contribution in [1.82, 2.24) is 4.98 Å². The summed E-state index contributed by atoms with van der Waals surface area (Å²) in [6.45, 7) is 1.98. The summed E-state index contributed by atoms with van der Waals surface area (Å²) in [5.41, 5.74) is 1.29. The smallest absolute Gasteiger partial charge is 0.356 e. The molecule has 1 aromatic carbocycles. The molecular formula is C17H20N2O5. The minimum atomic E-state index is -0.516. The Morgan fingerprint density at radius 1 is 1.21 bits per heavy atom. The molecule has 1 aliphatic rings. The maximum Gasteiger partial charge on any atom is 0.356 e. The third kappa shape index (κ3) is 2.89. The number of nitrogens with one attached hydrogen (secondary N) is 2. The highest BCUT2D eigenvalue weighted by molar-refractivity contribution is 6.12. The van der Waals surface area contributed by atoms with E-state index in [4.69, 9.17) is 14.2 Å². The number of aromatic nitrogens is 1. The van der Waals surface area contributed by atoms with E-state index in [1.807, 2.05) is 0 Å². The molecule has 0 bridgehead atoms. The first kappa shape index (κ1) is 16.2. The lowest BCUT2D eigenvalue weighted by Crippen LogP contribution is -2.16. The number of amides is 1. The maximum absolute atomic E-state index is 12.2. The molecule has 7 heteroatoms. The monoisotopic (exact) mass is 332 g/mol. The van der Waals surface area contributed by atoms with Crippen molar-refractivity contribution < 1.29 is 23.8 Å². The van der Waals surface area contributed by atoms with Crippen LogP contribution in [0.25, 0.3) is 10.9 Å². The van der Waals surface area contributed by atoms with E-state index in [2.05, 4.69) is 10.3 Å². The molecule has 0 saturated heterocycles. The first-order valence-electron chi connectivity index (χ1n) is 7.84. The highest BCUT2D eigenvalue weighted by Crippen LogP contribution is 2.38. The van der Waals surface area contributed by atoms with Gasteiger partial charge in [0.05, 0.1) is 32.0 Å². The third-order valence-corrected chi connectivity index (χ3v) is 3.98. The molecule has 1 amide bonds. The van der Waals surface area contributed by atoms with Crippen LogP contribution in [0.4, 0.5) is 5.69 Å². The number of carbonyl (C=O) groups is 2. The first-order valence-corrected chi connectivity index (χ1v) is 7.84. The van der Waals surface area contributed by atoms with Crippen molar-refractivity contribution in [3.63, 3.8) is 0 Å². The Hall–Kier alpha value is -2.70. The van der Waals surface area contributed by atoms with Crippen LogP contribution in [0.1, 0.15) is 30.3 Å². The molecule has 3 rings (SSSR count). The Morgan fingerprint density at radius 3 is 2.46 bits per heavy atom. The minimum absolute atomic E-state index is 0.0186. The number of rotatable bonds is 6. The van der Waals surface area contributed by atoms with Gasteiger partial charge in [0.15, 0.2) is 11.5 Å². The zero-order valence-corrected chi connectivity index (χ0v) is 13.9. The van der Waals surface area contributed by atoms with E-state index in [9.17, 15) is 9.59 Å². The summed E-state index contributed by atoms with van der Waals surface area (Å²) in [5.74, 6) is 0.460. The number of anilines is 1. The van der Waals surface area contributed by atoms with Crippen molar-refractivity contribution in [2.24, 2.45) is 5.92 Å². The van der Waals surface area contributed by atoms with Crippen LogP contribution in [0.2, 0.25) is 0 Å². The van der Waals surface area contributed by atoms with Crippen molar-refractivity contribution in [3.05, 3.63) is 17.8 Å². The van der Waals surface area contributed by atoms with Crippen molar-refractivity contribution in [2.45, 2.75) is 19.8 Å². The minimum Gasteiger partial charge on any atom is -0.493 e. The second-order valence-corrected chi connectivity index (χ2v) is 5.61. The fourth-order valence-electron chi connectivity index (χ4n) is 2.58. The van der Waals surface area contributed by atoms with Crippen LogP contribution in [-0.2, 0) is 9.53 Å². The topological polar surface area (TPSA) is 89.7 Å². The first-order chi connectivity index (χ1) is 11.6. The van der Waals surface area contributed by atoms with Crippen LogP contribution in [0.3, 0.4) is 0 Å². The summed E-state index contributed by atoms with van der Waals surface area (Å²) in [6.07, 6.45) is 1.75. The molecule has 0 spiro atoms. The predicted octanol–water partition coefficient (Wildman–Crippen LogP) is 2.71. The van der Waals surface area contributed by atoms with Crippen molar-refractivity contribution in [3.8, 4) is 11.5 Å². The number of hydrogen-bond acceptors (Lipinski definition) is 5. The Bertz CT molecular complexity index is 792. The Balaban J connectivity index is 2.12. The van der Waals surface area contributed by atoms with Crippen LogP contribution >= 0.6 is 0 Å². The summed E-state index contributed by atoms with van der Waals surface area (Å²) < 4.78 is 15.7. The van der Waals surface area contributed by atoms with Gasteiger partial charge in [0.1, 0.15) is 5.69 Å². The highest BCUT2D eigenvalue weighted by atomic mass is 16.5. The molecule has 0 aliphatic heterocycles. The highest BCUT2D eigenvalue weighted by Gasteiger charge is 2.31. The number of benzene rings is 1. The molecule has 0 unspecified atom stereocenters. The molecule has 1 heterocycles. The lowest BCUT2D eigenvalue weighted by atomic mass is 10.2. The van der Waals surface area contributed by atoms with Gasteiger partial charge in [-0.2, -0.15) is 0 Å². The predicted molar refractivity (Wildman–Crippen MR) is 88.7 cm³/mol. The maximum atomic E-state index is 12.2. The Kier molecular flexibility index (Phi) is 4.33. The van der Waals surface area contributed by atoms with Crippen molar-refractivity contribution >= 4 is 28.5 Å². The number of methoxy groups -OCH3 is 2. The van der Waals surface area contributed by atoms with Gasteiger partial charge in [-0.1, -0.05) is 0 Å². The molecule has 2 N–H and O–H groups in total. The molecule has 1 aromatic heterocycles. The standard InChI is InChI=1S/C17H20N2O5/c1-4-24-17(21)15-14(19-16(20)9-5-6-9)10-7-12(22-2)13(23-3)8-11(10)18-15/h7-9,18H,4-6H2,1-3H3,(H,19,20). The van der Waals surface area contributed by atoms with Gasteiger partial charge in [0.25, 0.3) is 0 Å². The summed E-state index contributed by atoms with van der Waals surface area (Å²) in [4.78, 5) is 27.5. The van der Waals surface area contributed by atoms with Gasteiger partial charge in [-0.3, -0.25) is 4.79 Å². The van der Waals surface area contributed by atoms with E-state index >= 15 is 0 Å². The quantitative estimate of drug-likeness (QED) is 0.794. The molecule has 1 aliphatic carbocycles. The Labute approximate surface area is 139 Å². The summed E-state index contributed by atoms with van der Waals surface area (Å²) in [5, 5.41) is 3.53. The van der Waals surface area contributed by atoms with E-state index < -0.39 is 5.97 Å². The van der Waals surface area contributed by atoms with Gasteiger partial charge in [-0.05, 0) is 25.8 Å². The average molecular weight is 332 g/mol. The number of ether oxygens (including phenoxy) is 3. The molecule has 0 atom stereocenters. The normalized spacial score (nSPS) is 13.6. The zero-order chi connectivity index (χ0) is 17.3. The molecule has 0 radical (unpaired) electrons. The van der Waals surface area contributed by atoms with Gasteiger partial charge in [-0.25, -0.2) is 4.79 Å². The van der Waals surface area contributed by atoms with E-state index in [-0.39, 0.29) is 24.1 Å². The fraction of sp³-hybridized carbons (Fsp3) is 0.412. The number of aromatic amines is 1. The summed E-state index contributed by atoms with van der Waals surface area (Å²) in [6, 6.07) is 3.46. The van der Waals surface area contributed by atoms with Gasteiger partial charge in [0.2, 0.25) is 5.91 Å². The van der Waals surface area contributed by atoms with Gasteiger partial charge < -0.3 is 24.5 Å². The summed E-state index contributed by atoms with van der Waals surface area (Å²) >= 11 is 0. The van der Waals surface area contributed by atoms with Crippen LogP contribution in [-0.4, -0.2) is 37.7 Å².